The Hall–Kier alpha value is -2.31. The molecule has 1 fully saturated rings. The fourth-order valence-corrected chi connectivity index (χ4v) is 1.26. The van der Waals surface area contributed by atoms with Crippen LogP contribution in [-0.2, 0) is 9.59 Å². The Morgan fingerprint density at radius 1 is 1.06 bits per heavy atom. The predicted molar refractivity (Wildman–Crippen MR) is 47.4 cm³/mol. The SMILES string of the molecule is O=C1NC(=O)N(c2ccc(F)c(F)c2)C1=O. The third kappa shape index (κ3) is 1.42. The first kappa shape index (κ1) is 10.2. The van der Waals surface area contributed by atoms with E-state index in [1.807, 2.05) is 0 Å². The Morgan fingerprint density at radius 3 is 2.25 bits per heavy atom. The molecule has 0 radical (unpaired) electrons. The monoisotopic (exact) mass is 226 g/mol. The number of nitrogens with one attached hydrogen (secondary N) is 1. The molecule has 0 saturated carbocycles. The van der Waals surface area contributed by atoms with E-state index in [1.165, 1.54) is 0 Å². The minimum absolute atomic E-state index is 0.202. The Bertz CT molecular complexity index is 515. The average Bonchev–Trinajstić information content (AvgIpc) is 2.47. The first-order chi connectivity index (χ1) is 7.50. The maximum Gasteiger partial charge on any atom is 0.336 e. The van der Waals surface area contributed by atoms with Gasteiger partial charge in [-0.25, -0.2) is 18.5 Å². The third-order valence-electron chi connectivity index (χ3n) is 1.98. The second-order valence-corrected chi connectivity index (χ2v) is 3.00. The van der Waals surface area contributed by atoms with Gasteiger partial charge >= 0.3 is 17.8 Å². The molecule has 1 N–H and O–H groups in total. The number of benzene rings is 1. The highest BCUT2D eigenvalue weighted by atomic mass is 19.2. The fraction of sp³-hybridized carbons (Fsp3) is 0. The van der Waals surface area contributed by atoms with Gasteiger partial charge in [-0.15, -0.1) is 0 Å². The molecule has 1 aromatic carbocycles. The highest BCUT2D eigenvalue weighted by molar-refractivity contribution is 6.53. The highest BCUT2D eigenvalue weighted by Crippen LogP contribution is 2.20. The van der Waals surface area contributed by atoms with Crippen molar-refractivity contribution in [1.82, 2.24) is 5.32 Å². The van der Waals surface area contributed by atoms with Gasteiger partial charge in [-0.05, 0) is 12.1 Å². The molecule has 82 valence electrons. The summed E-state index contributed by atoms with van der Waals surface area (Å²) in [7, 11) is 0. The van der Waals surface area contributed by atoms with Crippen molar-refractivity contribution in [2.24, 2.45) is 0 Å². The van der Waals surface area contributed by atoms with Crippen molar-refractivity contribution in [2.75, 3.05) is 4.90 Å². The summed E-state index contributed by atoms with van der Waals surface area (Å²) in [5, 5.41) is 1.73. The maximum absolute atomic E-state index is 12.9. The number of hydrogen-bond acceptors (Lipinski definition) is 3. The second-order valence-electron chi connectivity index (χ2n) is 3.00. The number of amides is 4. The van der Waals surface area contributed by atoms with E-state index in [2.05, 4.69) is 0 Å². The van der Waals surface area contributed by atoms with Crippen LogP contribution in [0, 0.1) is 11.6 Å². The van der Waals surface area contributed by atoms with Gasteiger partial charge in [0.25, 0.3) is 0 Å². The molecule has 7 heteroatoms. The lowest BCUT2D eigenvalue weighted by Gasteiger charge is -2.10. The van der Waals surface area contributed by atoms with Crippen LogP contribution in [0.3, 0.4) is 0 Å². The van der Waals surface area contributed by atoms with E-state index in [0.717, 1.165) is 12.1 Å². The summed E-state index contributed by atoms with van der Waals surface area (Å²) < 4.78 is 25.5. The van der Waals surface area contributed by atoms with Crippen molar-refractivity contribution in [3.05, 3.63) is 29.8 Å². The molecular weight excluding hydrogens is 222 g/mol. The van der Waals surface area contributed by atoms with Gasteiger partial charge in [0, 0.05) is 6.07 Å². The normalized spacial score (nSPS) is 15.6. The molecule has 1 aliphatic heterocycles. The van der Waals surface area contributed by atoms with Crippen LogP contribution in [0.5, 0.6) is 0 Å². The van der Waals surface area contributed by atoms with E-state index in [4.69, 9.17) is 0 Å². The summed E-state index contributed by atoms with van der Waals surface area (Å²) in [5.41, 5.74) is -0.202. The zero-order chi connectivity index (χ0) is 11.9. The van der Waals surface area contributed by atoms with Crippen LogP contribution < -0.4 is 10.2 Å². The maximum atomic E-state index is 12.9. The van der Waals surface area contributed by atoms with Crippen LogP contribution in [-0.4, -0.2) is 17.8 Å². The van der Waals surface area contributed by atoms with E-state index < -0.39 is 29.5 Å². The molecule has 0 bridgehead atoms. The second kappa shape index (κ2) is 3.37. The Labute approximate surface area is 87.6 Å². The smallest absolute Gasteiger partial charge is 0.269 e. The van der Waals surface area contributed by atoms with Gasteiger partial charge in [0.15, 0.2) is 11.6 Å². The zero-order valence-electron chi connectivity index (χ0n) is 7.66. The number of carbonyl (C=O) groups excluding carboxylic acids is 3. The van der Waals surface area contributed by atoms with Gasteiger partial charge in [-0.1, -0.05) is 0 Å². The van der Waals surface area contributed by atoms with Crippen LogP contribution in [0.4, 0.5) is 19.3 Å². The highest BCUT2D eigenvalue weighted by Gasteiger charge is 2.38. The summed E-state index contributed by atoms with van der Waals surface area (Å²) in [6, 6.07) is 1.45. The Morgan fingerprint density at radius 2 is 1.75 bits per heavy atom. The molecule has 0 spiro atoms. The Balaban J connectivity index is 2.45. The van der Waals surface area contributed by atoms with Gasteiger partial charge < -0.3 is 0 Å². The molecular formula is C9H4F2N2O3. The standard InChI is InChI=1S/C9H4F2N2O3/c10-5-2-1-4(3-6(5)11)13-8(15)7(14)12-9(13)16/h1-3H,(H,12,14,16). The molecule has 0 atom stereocenters. The molecule has 1 saturated heterocycles. The summed E-state index contributed by atoms with van der Waals surface area (Å²) in [6.45, 7) is 0. The molecule has 5 nitrogen and oxygen atoms in total. The minimum Gasteiger partial charge on any atom is -0.269 e. The van der Waals surface area contributed by atoms with Gasteiger partial charge in [0.05, 0.1) is 5.69 Å². The third-order valence-corrected chi connectivity index (χ3v) is 1.98. The van der Waals surface area contributed by atoms with E-state index >= 15 is 0 Å². The largest absolute Gasteiger partial charge is 0.336 e. The predicted octanol–water partition coefficient (Wildman–Crippen LogP) is 0.548. The molecule has 1 heterocycles. The number of rotatable bonds is 1. The molecule has 2 rings (SSSR count). The van der Waals surface area contributed by atoms with Crippen molar-refractivity contribution >= 4 is 23.5 Å². The lowest BCUT2D eigenvalue weighted by atomic mass is 10.3. The number of anilines is 1. The summed E-state index contributed by atoms with van der Waals surface area (Å²) in [6.07, 6.45) is 0. The number of halogens is 2. The summed E-state index contributed by atoms with van der Waals surface area (Å²) in [5.74, 6) is -4.55. The zero-order valence-corrected chi connectivity index (χ0v) is 7.66. The number of urea groups is 1. The molecule has 0 aliphatic carbocycles. The van der Waals surface area contributed by atoms with Crippen LogP contribution in [0.2, 0.25) is 0 Å². The molecule has 4 amide bonds. The van der Waals surface area contributed by atoms with E-state index in [0.29, 0.717) is 11.0 Å². The Kier molecular flexibility index (Phi) is 2.15. The van der Waals surface area contributed by atoms with E-state index in [9.17, 15) is 23.2 Å². The van der Waals surface area contributed by atoms with Gasteiger partial charge in [-0.3, -0.25) is 14.9 Å². The minimum atomic E-state index is -1.21. The van der Waals surface area contributed by atoms with Gasteiger partial charge in [0.2, 0.25) is 0 Å². The van der Waals surface area contributed by atoms with E-state index in [-0.39, 0.29) is 5.69 Å². The lowest BCUT2D eigenvalue weighted by molar-refractivity contribution is -0.134. The topological polar surface area (TPSA) is 66.5 Å². The number of nitrogens with zero attached hydrogens (tertiary/aromatic N) is 1. The van der Waals surface area contributed by atoms with Gasteiger partial charge in [0.1, 0.15) is 0 Å². The summed E-state index contributed by atoms with van der Waals surface area (Å²) in [4.78, 5) is 33.6. The van der Waals surface area contributed by atoms with E-state index in [1.54, 1.807) is 5.32 Å². The van der Waals surface area contributed by atoms with Crippen molar-refractivity contribution < 1.29 is 23.2 Å². The van der Waals surface area contributed by atoms with Crippen molar-refractivity contribution in [2.45, 2.75) is 0 Å². The van der Waals surface area contributed by atoms with Crippen LogP contribution in [0.1, 0.15) is 0 Å². The lowest BCUT2D eigenvalue weighted by Crippen LogP contribution is -2.30. The quantitative estimate of drug-likeness (QED) is 0.561. The van der Waals surface area contributed by atoms with Crippen molar-refractivity contribution in [3.63, 3.8) is 0 Å². The number of imide groups is 2. The molecule has 1 aromatic rings. The van der Waals surface area contributed by atoms with Crippen molar-refractivity contribution in [1.29, 1.82) is 0 Å². The van der Waals surface area contributed by atoms with Crippen LogP contribution in [0.25, 0.3) is 0 Å². The molecule has 1 aliphatic rings. The number of hydrogen-bond donors (Lipinski definition) is 1. The first-order valence-electron chi connectivity index (χ1n) is 4.15. The fourth-order valence-electron chi connectivity index (χ4n) is 1.26. The first-order valence-corrected chi connectivity index (χ1v) is 4.15. The van der Waals surface area contributed by atoms with Crippen molar-refractivity contribution in [3.8, 4) is 0 Å². The van der Waals surface area contributed by atoms with Crippen LogP contribution >= 0.6 is 0 Å². The molecule has 0 unspecified atom stereocenters. The molecule has 0 aromatic heterocycles. The summed E-state index contributed by atoms with van der Waals surface area (Å²) >= 11 is 0. The van der Waals surface area contributed by atoms with Gasteiger partial charge in [-0.2, -0.15) is 0 Å². The molecule has 16 heavy (non-hydrogen) atoms. The van der Waals surface area contributed by atoms with Crippen LogP contribution in [0.15, 0.2) is 18.2 Å². The average molecular weight is 226 g/mol. The number of carbonyl (C=O) groups is 3.